The highest BCUT2D eigenvalue weighted by Gasteiger charge is 2.10. The Bertz CT molecular complexity index is 816. The third-order valence-corrected chi connectivity index (χ3v) is 4.09. The summed E-state index contributed by atoms with van der Waals surface area (Å²) in [7, 11) is 0. The van der Waals surface area contributed by atoms with Gasteiger partial charge in [0.1, 0.15) is 0 Å². The third kappa shape index (κ3) is 4.80. The highest BCUT2D eigenvalue weighted by molar-refractivity contribution is 5.92. The number of nitrogens with one attached hydrogen (secondary N) is 1. The molecule has 134 valence electrons. The Morgan fingerprint density at radius 3 is 2.50 bits per heavy atom. The first-order valence-electron chi connectivity index (χ1n) is 8.80. The van der Waals surface area contributed by atoms with Crippen LogP contribution in [0.2, 0.25) is 0 Å². The number of rotatable bonds is 8. The molecule has 26 heavy (non-hydrogen) atoms. The molecule has 0 spiro atoms. The van der Waals surface area contributed by atoms with Crippen molar-refractivity contribution in [3.8, 4) is 5.69 Å². The van der Waals surface area contributed by atoms with Crippen LogP contribution in [0.25, 0.3) is 5.69 Å². The van der Waals surface area contributed by atoms with Gasteiger partial charge in [0, 0.05) is 19.3 Å². The van der Waals surface area contributed by atoms with Crippen molar-refractivity contribution in [1.29, 1.82) is 0 Å². The number of amides is 1. The number of ether oxygens (including phenoxy) is 1. The van der Waals surface area contributed by atoms with E-state index in [1.807, 2.05) is 55.5 Å². The fraction of sp³-hybridized carbons (Fsp3) is 0.238. The normalized spacial score (nSPS) is 11.9. The van der Waals surface area contributed by atoms with Crippen molar-refractivity contribution in [3.63, 3.8) is 0 Å². The summed E-state index contributed by atoms with van der Waals surface area (Å²) in [6.45, 7) is 3.18. The summed E-state index contributed by atoms with van der Waals surface area (Å²) in [5.74, 6) is -0.171. The molecule has 1 aromatic heterocycles. The standard InChI is InChI=1S/C21H23N3O2/c1-17(18-9-4-2-5-10-18)26-16-8-14-22-21(25)20-13-15-24(23-20)19-11-6-3-7-12-19/h2-7,9-13,15,17H,8,14,16H2,1H3,(H,22,25). The van der Waals surface area contributed by atoms with Crippen LogP contribution >= 0.6 is 0 Å². The SMILES string of the molecule is CC(OCCCNC(=O)c1ccn(-c2ccccc2)n1)c1ccccc1. The van der Waals surface area contributed by atoms with Crippen LogP contribution in [0.4, 0.5) is 0 Å². The molecule has 0 aliphatic rings. The van der Waals surface area contributed by atoms with Crippen LogP contribution < -0.4 is 5.32 Å². The van der Waals surface area contributed by atoms with Crippen molar-refractivity contribution >= 4 is 5.91 Å². The number of hydrogen-bond acceptors (Lipinski definition) is 3. The largest absolute Gasteiger partial charge is 0.374 e. The van der Waals surface area contributed by atoms with Gasteiger partial charge in [0.05, 0.1) is 11.8 Å². The zero-order chi connectivity index (χ0) is 18.2. The van der Waals surface area contributed by atoms with E-state index in [0.29, 0.717) is 18.8 Å². The minimum atomic E-state index is -0.171. The van der Waals surface area contributed by atoms with Crippen LogP contribution in [0.3, 0.4) is 0 Å². The Labute approximate surface area is 153 Å². The molecule has 3 rings (SSSR count). The van der Waals surface area contributed by atoms with Gasteiger partial charge in [0.25, 0.3) is 5.91 Å². The predicted octanol–water partition coefficient (Wildman–Crippen LogP) is 3.77. The van der Waals surface area contributed by atoms with E-state index < -0.39 is 0 Å². The second-order valence-electron chi connectivity index (χ2n) is 6.01. The van der Waals surface area contributed by atoms with Gasteiger partial charge in [-0.2, -0.15) is 5.10 Å². The van der Waals surface area contributed by atoms with Gasteiger partial charge in [-0.3, -0.25) is 4.79 Å². The first kappa shape index (κ1) is 17.9. The van der Waals surface area contributed by atoms with Gasteiger partial charge in [-0.1, -0.05) is 48.5 Å². The Morgan fingerprint density at radius 2 is 1.77 bits per heavy atom. The van der Waals surface area contributed by atoms with Gasteiger partial charge in [-0.25, -0.2) is 4.68 Å². The quantitative estimate of drug-likeness (QED) is 0.630. The lowest BCUT2D eigenvalue weighted by molar-refractivity contribution is 0.0634. The molecule has 5 heteroatoms. The van der Waals surface area contributed by atoms with Crippen molar-refractivity contribution in [2.45, 2.75) is 19.4 Å². The average Bonchev–Trinajstić information content (AvgIpc) is 3.19. The smallest absolute Gasteiger partial charge is 0.271 e. The molecule has 0 saturated heterocycles. The molecule has 1 atom stereocenters. The number of aromatic nitrogens is 2. The van der Waals surface area contributed by atoms with E-state index >= 15 is 0 Å². The number of carbonyl (C=O) groups excluding carboxylic acids is 1. The summed E-state index contributed by atoms with van der Waals surface area (Å²) >= 11 is 0. The lowest BCUT2D eigenvalue weighted by Gasteiger charge is -2.13. The Hall–Kier alpha value is -2.92. The third-order valence-electron chi connectivity index (χ3n) is 4.09. The van der Waals surface area contributed by atoms with Crippen LogP contribution in [-0.4, -0.2) is 28.8 Å². The van der Waals surface area contributed by atoms with Crippen molar-refractivity contribution in [3.05, 3.63) is 84.2 Å². The van der Waals surface area contributed by atoms with Crippen LogP contribution in [0, 0.1) is 0 Å². The van der Waals surface area contributed by atoms with E-state index in [9.17, 15) is 4.79 Å². The van der Waals surface area contributed by atoms with Gasteiger partial charge in [0.2, 0.25) is 0 Å². The Kier molecular flexibility index (Phi) is 6.17. The van der Waals surface area contributed by atoms with E-state index in [1.165, 1.54) is 0 Å². The highest BCUT2D eigenvalue weighted by Crippen LogP contribution is 2.15. The van der Waals surface area contributed by atoms with Gasteiger partial charge in [-0.05, 0) is 37.1 Å². The predicted molar refractivity (Wildman–Crippen MR) is 101 cm³/mol. The molecular weight excluding hydrogens is 326 g/mol. The number of para-hydroxylation sites is 1. The summed E-state index contributed by atoms with van der Waals surface area (Å²) in [4.78, 5) is 12.2. The molecule has 0 fully saturated rings. The number of hydrogen-bond donors (Lipinski definition) is 1. The van der Waals surface area contributed by atoms with Crippen molar-refractivity contribution in [2.24, 2.45) is 0 Å². The first-order chi connectivity index (χ1) is 12.7. The molecule has 0 aliphatic carbocycles. The molecule has 0 radical (unpaired) electrons. The maximum absolute atomic E-state index is 12.2. The van der Waals surface area contributed by atoms with Gasteiger partial charge >= 0.3 is 0 Å². The van der Waals surface area contributed by atoms with Crippen LogP contribution in [0.5, 0.6) is 0 Å². The summed E-state index contributed by atoms with van der Waals surface area (Å²) < 4.78 is 7.50. The van der Waals surface area contributed by atoms with Crippen molar-refractivity contribution in [1.82, 2.24) is 15.1 Å². The molecule has 1 N–H and O–H groups in total. The zero-order valence-electron chi connectivity index (χ0n) is 14.8. The van der Waals surface area contributed by atoms with Crippen LogP contribution in [0.1, 0.15) is 35.5 Å². The maximum atomic E-state index is 12.2. The van der Waals surface area contributed by atoms with Gasteiger partial charge < -0.3 is 10.1 Å². The summed E-state index contributed by atoms with van der Waals surface area (Å²) in [5, 5.41) is 7.20. The van der Waals surface area contributed by atoms with Crippen molar-refractivity contribution in [2.75, 3.05) is 13.2 Å². The summed E-state index contributed by atoms with van der Waals surface area (Å²) in [6.07, 6.45) is 2.59. The van der Waals surface area contributed by atoms with E-state index in [4.69, 9.17) is 4.74 Å². The molecule has 1 unspecified atom stereocenters. The molecule has 0 aliphatic heterocycles. The molecule has 1 amide bonds. The molecule has 0 saturated carbocycles. The molecule has 1 heterocycles. The first-order valence-corrected chi connectivity index (χ1v) is 8.80. The van der Waals surface area contributed by atoms with Crippen molar-refractivity contribution < 1.29 is 9.53 Å². The summed E-state index contributed by atoms with van der Waals surface area (Å²) in [6, 6.07) is 21.5. The molecule has 2 aromatic carbocycles. The second kappa shape index (κ2) is 8.97. The van der Waals surface area contributed by atoms with Gasteiger partial charge in [0.15, 0.2) is 5.69 Å². The second-order valence-corrected chi connectivity index (χ2v) is 6.01. The topological polar surface area (TPSA) is 56.1 Å². The molecule has 3 aromatic rings. The van der Waals surface area contributed by atoms with E-state index in [2.05, 4.69) is 22.5 Å². The van der Waals surface area contributed by atoms with Crippen LogP contribution in [-0.2, 0) is 4.74 Å². The highest BCUT2D eigenvalue weighted by atomic mass is 16.5. The molecular formula is C21H23N3O2. The Morgan fingerprint density at radius 1 is 1.08 bits per heavy atom. The minimum absolute atomic E-state index is 0.0495. The lowest BCUT2D eigenvalue weighted by atomic mass is 10.1. The average molecular weight is 349 g/mol. The van der Waals surface area contributed by atoms with Crippen LogP contribution in [0.15, 0.2) is 72.9 Å². The van der Waals surface area contributed by atoms with E-state index in [-0.39, 0.29) is 12.0 Å². The monoisotopic (exact) mass is 349 g/mol. The van der Waals surface area contributed by atoms with Gasteiger partial charge in [-0.15, -0.1) is 0 Å². The molecule has 5 nitrogen and oxygen atoms in total. The fourth-order valence-electron chi connectivity index (χ4n) is 2.61. The number of benzene rings is 2. The molecule has 0 bridgehead atoms. The van der Waals surface area contributed by atoms with E-state index in [0.717, 1.165) is 17.7 Å². The lowest BCUT2D eigenvalue weighted by Crippen LogP contribution is -2.26. The Balaban J connectivity index is 1.40. The maximum Gasteiger partial charge on any atom is 0.271 e. The summed E-state index contributed by atoms with van der Waals surface area (Å²) in [5.41, 5.74) is 2.49. The minimum Gasteiger partial charge on any atom is -0.374 e. The number of carbonyl (C=O) groups is 1. The number of nitrogens with zero attached hydrogens (tertiary/aromatic N) is 2. The fourth-order valence-corrected chi connectivity index (χ4v) is 2.61. The zero-order valence-corrected chi connectivity index (χ0v) is 14.8. The van der Waals surface area contributed by atoms with E-state index in [1.54, 1.807) is 16.9 Å².